The maximum absolute atomic E-state index is 11.0. The number of aryl methyl sites for hydroxylation is 1. The second-order valence-electron chi connectivity index (χ2n) is 3.96. The van der Waals surface area contributed by atoms with E-state index in [0.29, 0.717) is 11.4 Å². The Balaban J connectivity index is 2.58. The van der Waals surface area contributed by atoms with Gasteiger partial charge in [0.1, 0.15) is 11.4 Å². The Morgan fingerprint density at radius 2 is 2.19 bits per heavy atom. The molecule has 2 aromatic heterocycles. The molecule has 2 rings (SSSR count). The van der Waals surface area contributed by atoms with Gasteiger partial charge >= 0.3 is 0 Å². The Morgan fingerprint density at radius 3 is 2.81 bits per heavy atom. The molecular weight excluding hydrogens is 204 g/mol. The van der Waals surface area contributed by atoms with Crippen LogP contribution in [0, 0.1) is 0 Å². The molecule has 0 aromatic carbocycles. The number of hydrogen-bond donors (Lipinski definition) is 0. The van der Waals surface area contributed by atoms with Crippen LogP contribution in [-0.2, 0) is 7.05 Å². The Morgan fingerprint density at radius 1 is 1.44 bits per heavy atom. The molecule has 5 nitrogen and oxygen atoms in total. The molecule has 2 heterocycles. The van der Waals surface area contributed by atoms with Crippen LogP contribution in [0.4, 0.5) is 0 Å². The maximum atomic E-state index is 11.0. The van der Waals surface area contributed by atoms with Gasteiger partial charge in [0.2, 0.25) is 0 Å². The molecule has 0 spiro atoms. The van der Waals surface area contributed by atoms with Crippen molar-refractivity contribution in [1.82, 2.24) is 19.3 Å². The van der Waals surface area contributed by atoms with Gasteiger partial charge in [-0.1, -0.05) is 0 Å². The van der Waals surface area contributed by atoms with Gasteiger partial charge in [-0.15, -0.1) is 0 Å². The van der Waals surface area contributed by atoms with Crippen LogP contribution in [0.1, 0.15) is 30.4 Å². The molecule has 84 valence electrons. The molecule has 2 aromatic rings. The quantitative estimate of drug-likeness (QED) is 0.736. The highest BCUT2D eigenvalue weighted by atomic mass is 16.1. The van der Waals surface area contributed by atoms with Crippen molar-refractivity contribution in [2.45, 2.75) is 19.9 Å². The summed E-state index contributed by atoms with van der Waals surface area (Å²) in [5.41, 5.74) is 2.13. The monoisotopic (exact) mass is 218 g/mol. The van der Waals surface area contributed by atoms with Gasteiger partial charge in [-0.05, 0) is 19.9 Å². The predicted octanol–water partition coefficient (Wildman–Crippen LogP) is 1.68. The average Bonchev–Trinajstić information content (AvgIpc) is 2.82. The average molecular weight is 218 g/mol. The van der Waals surface area contributed by atoms with Gasteiger partial charge in [0.05, 0.1) is 12.0 Å². The molecule has 0 N–H and O–H groups in total. The van der Waals surface area contributed by atoms with E-state index >= 15 is 0 Å². The van der Waals surface area contributed by atoms with Crippen molar-refractivity contribution in [2.24, 2.45) is 7.05 Å². The number of rotatable bonds is 3. The van der Waals surface area contributed by atoms with E-state index in [1.165, 1.54) is 0 Å². The summed E-state index contributed by atoms with van der Waals surface area (Å²) in [6.07, 6.45) is 4.18. The Bertz CT molecular complexity index is 510. The lowest BCUT2D eigenvalue weighted by atomic mass is 10.2. The van der Waals surface area contributed by atoms with Gasteiger partial charge < -0.3 is 4.57 Å². The van der Waals surface area contributed by atoms with E-state index < -0.39 is 0 Å². The first kappa shape index (κ1) is 10.6. The van der Waals surface area contributed by atoms with Crippen LogP contribution in [0.2, 0.25) is 0 Å². The van der Waals surface area contributed by atoms with E-state index in [-0.39, 0.29) is 6.04 Å². The maximum Gasteiger partial charge on any atom is 0.168 e. The first-order valence-corrected chi connectivity index (χ1v) is 5.15. The number of hydrogen-bond acceptors (Lipinski definition) is 3. The molecule has 0 fully saturated rings. The minimum absolute atomic E-state index is 0.242. The molecular formula is C11H14N4O. The van der Waals surface area contributed by atoms with Crippen molar-refractivity contribution in [3.8, 4) is 11.4 Å². The standard InChI is InChI=1S/C11H14N4O/c1-8(2)15-9(4-5-13-15)11-10(6-16)14(3)7-12-11/h4-8H,1-3H3. The molecule has 0 bridgehead atoms. The molecule has 0 saturated carbocycles. The zero-order valence-corrected chi connectivity index (χ0v) is 9.58. The summed E-state index contributed by atoms with van der Waals surface area (Å²) >= 11 is 0. The molecule has 0 radical (unpaired) electrons. The fourth-order valence-corrected chi connectivity index (χ4v) is 1.69. The Labute approximate surface area is 93.7 Å². The first-order valence-electron chi connectivity index (χ1n) is 5.15. The van der Waals surface area contributed by atoms with Gasteiger partial charge in [-0.2, -0.15) is 5.10 Å². The lowest BCUT2D eigenvalue weighted by Gasteiger charge is -2.09. The highest BCUT2D eigenvalue weighted by Gasteiger charge is 2.15. The predicted molar refractivity (Wildman–Crippen MR) is 60.2 cm³/mol. The van der Waals surface area contributed by atoms with Gasteiger partial charge in [-0.3, -0.25) is 9.48 Å². The lowest BCUT2D eigenvalue weighted by molar-refractivity contribution is 0.111. The highest BCUT2D eigenvalue weighted by molar-refractivity contribution is 5.82. The molecule has 0 aliphatic heterocycles. The zero-order chi connectivity index (χ0) is 11.7. The van der Waals surface area contributed by atoms with E-state index in [1.54, 1.807) is 24.1 Å². The number of carbonyl (C=O) groups is 1. The summed E-state index contributed by atoms with van der Waals surface area (Å²) in [5.74, 6) is 0. The minimum atomic E-state index is 0.242. The summed E-state index contributed by atoms with van der Waals surface area (Å²) in [5, 5.41) is 4.23. The third-order valence-electron chi connectivity index (χ3n) is 2.50. The summed E-state index contributed by atoms with van der Waals surface area (Å²) in [6.45, 7) is 4.08. The van der Waals surface area contributed by atoms with E-state index in [9.17, 15) is 4.79 Å². The van der Waals surface area contributed by atoms with Crippen molar-refractivity contribution < 1.29 is 4.79 Å². The molecule has 0 atom stereocenters. The largest absolute Gasteiger partial charge is 0.331 e. The van der Waals surface area contributed by atoms with Crippen molar-refractivity contribution in [3.63, 3.8) is 0 Å². The van der Waals surface area contributed by atoms with Gasteiger partial charge in [-0.25, -0.2) is 4.98 Å². The molecule has 0 aliphatic carbocycles. The van der Waals surface area contributed by atoms with Crippen LogP contribution in [-0.4, -0.2) is 25.6 Å². The Kier molecular flexibility index (Phi) is 2.60. The molecule has 5 heteroatoms. The van der Waals surface area contributed by atoms with E-state index in [4.69, 9.17) is 0 Å². The van der Waals surface area contributed by atoms with Crippen molar-refractivity contribution in [2.75, 3.05) is 0 Å². The normalized spacial score (nSPS) is 11.0. The number of imidazole rings is 1. The van der Waals surface area contributed by atoms with Gasteiger partial charge in [0, 0.05) is 19.3 Å². The number of carbonyl (C=O) groups excluding carboxylic acids is 1. The van der Waals surface area contributed by atoms with Crippen LogP contribution in [0.25, 0.3) is 11.4 Å². The van der Waals surface area contributed by atoms with Gasteiger partial charge in [0.25, 0.3) is 0 Å². The SMILES string of the molecule is CC(C)n1nccc1-c1ncn(C)c1C=O. The number of aldehydes is 1. The summed E-state index contributed by atoms with van der Waals surface area (Å²) < 4.78 is 3.56. The molecule has 0 aliphatic rings. The van der Waals surface area contributed by atoms with Crippen LogP contribution in [0.5, 0.6) is 0 Å². The summed E-state index contributed by atoms with van der Waals surface area (Å²) in [6, 6.07) is 2.11. The van der Waals surface area contributed by atoms with Crippen LogP contribution < -0.4 is 0 Å². The van der Waals surface area contributed by atoms with E-state index in [0.717, 1.165) is 12.0 Å². The first-order chi connectivity index (χ1) is 7.65. The molecule has 0 saturated heterocycles. The fourth-order valence-electron chi connectivity index (χ4n) is 1.69. The van der Waals surface area contributed by atoms with Crippen LogP contribution in [0.15, 0.2) is 18.6 Å². The van der Waals surface area contributed by atoms with Gasteiger partial charge in [0.15, 0.2) is 6.29 Å². The van der Waals surface area contributed by atoms with E-state index in [2.05, 4.69) is 10.1 Å². The molecule has 0 unspecified atom stereocenters. The van der Waals surface area contributed by atoms with Crippen LogP contribution in [0.3, 0.4) is 0 Å². The molecule has 0 amide bonds. The lowest BCUT2D eigenvalue weighted by Crippen LogP contribution is -2.06. The topological polar surface area (TPSA) is 52.7 Å². The number of nitrogens with zero attached hydrogens (tertiary/aromatic N) is 4. The highest BCUT2D eigenvalue weighted by Crippen LogP contribution is 2.22. The van der Waals surface area contributed by atoms with Crippen LogP contribution >= 0.6 is 0 Å². The van der Waals surface area contributed by atoms with Crippen molar-refractivity contribution in [1.29, 1.82) is 0 Å². The van der Waals surface area contributed by atoms with Crippen molar-refractivity contribution >= 4 is 6.29 Å². The Hall–Kier alpha value is -1.91. The molecule has 16 heavy (non-hydrogen) atoms. The third-order valence-corrected chi connectivity index (χ3v) is 2.50. The minimum Gasteiger partial charge on any atom is -0.331 e. The summed E-state index contributed by atoms with van der Waals surface area (Å²) in [7, 11) is 1.80. The number of aromatic nitrogens is 4. The second kappa shape index (κ2) is 3.92. The van der Waals surface area contributed by atoms with E-state index in [1.807, 2.05) is 24.6 Å². The smallest absolute Gasteiger partial charge is 0.168 e. The van der Waals surface area contributed by atoms with Crippen molar-refractivity contribution in [3.05, 3.63) is 24.3 Å². The fraction of sp³-hybridized carbons (Fsp3) is 0.364. The zero-order valence-electron chi connectivity index (χ0n) is 9.58. The third kappa shape index (κ3) is 1.54. The summed E-state index contributed by atoms with van der Waals surface area (Å²) in [4.78, 5) is 15.2. The second-order valence-corrected chi connectivity index (χ2v) is 3.96.